The van der Waals surface area contributed by atoms with Crippen LogP contribution in [-0.2, 0) is 14.4 Å². The van der Waals surface area contributed by atoms with Crippen LogP contribution in [0.1, 0.15) is 11.6 Å². The van der Waals surface area contributed by atoms with Gasteiger partial charge in [-0.25, -0.2) is 4.79 Å². The van der Waals surface area contributed by atoms with Crippen molar-refractivity contribution in [1.29, 1.82) is 0 Å². The van der Waals surface area contributed by atoms with Crippen molar-refractivity contribution in [2.24, 2.45) is 5.73 Å². The Balaban J connectivity index is 2.89. The van der Waals surface area contributed by atoms with Crippen molar-refractivity contribution in [2.75, 3.05) is 0 Å². The number of hydrogen-bond acceptors (Lipinski definition) is 3. The number of nitrogens with one attached hydrogen (secondary N) is 1. The van der Waals surface area contributed by atoms with Gasteiger partial charge in [-0.3, -0.25) is 9.59 Å². The molecule has 1 atom stereocenters. The maximum Gasteiger partial charge on any atom is 0.330 e. The van der Waals surface area contributed by atoms with E-state index in [1.165, 1.54) is 12.1 Å². The van der Waals surface area contributed by atoms with E-state index in [0.717, 1.165) is 0 Å². The van der Waals surface area contributed by atoms with Gasteiger partial charge in [-0.2, -0.15) is 0 Å². The summed E-state index contributed by atoms with van der Waals surface area (Å²) in [5, 5.41) is 10.9. The first-order valence-electron chi connectivity index (χ1n) is 4.40. The SMILES string of the molecule is NC(=O)C(=O)NC(C(=O)O)c1ccccc1. The number of aliphatic carboxylic acids is 1. The number of carboxylic acid groups (broad SMARTS) is 1. The summed E-state index contributed by atoms with van der Waals surface area (Å²) < 4.78 is 0. The van der Waals surface area contributed by atoms with Crippen molar-refractivity contribution in [2.45, 2.75) is 6.04 Å². The zero-order valence-electron chi connectivity index (χ0n) is 8.21. The van der Waals surface area contributed by atoms with E-state index in [0.29, 0.717) is 5.56 Å². The molecule has 0 aromatic heterocycles. The fraction of sp³-hybridized carbons (Fsp3) is 0.100. The fourth-order valence-electron chi connectivity index (χ4n) is 1.14. The minimum atomic E-state index is -1.28. The summed E-state index contributed by atoms with van der Waals surface area (Å²) in [5.74, 6) is -3.61. The molecule has 6 heteroatoms. The van der Waals surface area contributed by atoms with Crippen molar-refractivity contribution < 1.29 is 19.5 Å². The summed E-state index contributed by atoms with van der Waals surface area (Å²) >= 11 is 0. The molecule has 4 N–H and O–H groups in total. The second-order valence-corrected chi connectivity index (χ2v) is 3.02. The first-order valence-corrected chi connectivity index (χ1v) is 4.40. The average molecular weight is 222 g/mol. The molecular formula is C10H10N2O4. The number of rotatable bonds is 3. The Morgan fingerprint density at radius 3 is 2.19 bits per heavy atom. The minimum Gasteiger partial charge on any atom is -0.479 e. The molecule has 1 unspecified atom stereocenters. The Bertz CT molecular complexity index is 416. The largest absolute Gasteiger partial charge is 0.479 e. The molecule has 1 rings (SSSR count). The van der Waals surface area contributed by atoms with Crippen LogP contribution in [-0.4, -0.2) is 22.9 Å². The lowest BCUT2D eigenvalue weighted by Gasteiger charge is -2.13. The Morgan fingerprint density at radius 1 is 1.19 bits per heavy atom. The zero-order chi connectivity index (χ0) is 12.1. The summed E-state index contributed by atoms with van der Waals surface area (Å²) in [6, 6.07) is 6.74. The van der Waals surface area contributed by atoms with E-state index in [-0.39, 0.29) is 0 Å². The number of hydrogen-bond donors (Lipinski definition) is 3. The van der Waals surface area contributed by atoms with Gasteiger partial charge in [0.15, 0.2) is 6.04 Å². The number of carboxylic acids is 1. The molecular weight excluding hydrogens is 212 g/mol. The molecule has 0 fully saturated rings. The zero-order valence-corrected chi connectivity index (χ0v) is 8.21. The summed E-state index contributed by atoms with van der Waals surface area (Å²) in [6.07, 6.45) is 0. The van der Waals surface area contributed by atoms with Crippen molar-refractivity contribution in [3.05, 3.63) is 35.9 Å². The molecule has 2 amide bonds. The molecule has 6 nitrogen and oxygen atoms in total. The lowest BCUT2D eigenvalue weighted by Crippen LogP contribution is -2.41. The molecule has 1 aromatic rings. The molecule has 84 valence electrons. The summed E-state index contributed by atoms with van der Waals surface area (Å²) in [5.41, 5.74) is 5.08. The molecule has 0 heterocycles. The minimum absolute atomic E-state index is 0.365. The summed E-state index contributed by atoms with van der Waals surface area (Å²) in [6.45, 7) is 0. The van der Waals surface area contributed by atoms with Gasteiger partial charge in [-0.15, -0.1) is 0 Å². The predicted molar refractivity (Wildman–Crippen MR) is 54.2 cm³/mol. The van der Waals surface area contributed by atoms with Gasteiger partial charge in [0, 0.05) is 0 Å². The number of primary amides is 1. The van der Waals surface area contributed by atoms with E-state index in [2.05, 4.69) is 0 Å². The third-order valence-corrected chi connectivity index (χ3v) is 1.88. The van der Waals surface area contributed by atoms with Crippen LogP contribution in [0.25, 0.3) is 0 Å². The van der Waals surface area contributed by atoms with Crippen LogP contribution in [0.2, 0.25) is 0 Å². The van der Waals surface area contributed by atoms with Crippen LogP contribution in [0.4, 0.5) is 0 Å². The first-order chi connectivity index (χ1) is 7.52. The van der Waals surface area contributed by atoms with E-state index >= 15 is 0 Å². The number of nitrogens with two attached hydrogens (primary N) is 1. The van der Waals surface area contributed by atoms with E-state index < -0.39 is 23.8 Å². The van der Waals surface area contributed by atoms with Crippen LogP contribution in [0.5, 0.6) is 0 Å². The molecule has 0 spiro atoms. The smallest absolute Gasteiger partial charge is 0.330 e. The van der Waals surface area contributed by atoms with Crippen molar-refractivity contribution >= 4 is 17.8 Å². The first kappa shape index (κ1) is 11.7. The van der Waals surface area contributed by atoms with Gasteiger partial charge < -0.3 is 16.2 Å². The summed E-state index contributed by atoms with van der Waals surface area (Å²) in [7, 11) is 0. The highest BCUT2D eigenvalue weighted by Crippen LogP contribution is 2.12. The van der Waals surface area contributed by atoms with Crippen LogP contribution in [0, 0.1) is 0 Å². The maximum absolute atomic E-state index is 11.0. The molecule has 0 radical (unpaired) electrons. The standard InChI is InChI=1S/C10H10N2O4/c11-8(13)9(14)12-7(10(15)16)6-4-2-1-3-5-6/h1-5,7H,(H2,11,13)(H,12,14)(H,15,16). The molecule has 16 heavy (non-hydrogen) atoms. The number of carbonyl (C=O) groups is 3. The number of benzene rings is 1. The maximum atomic E-state index is 11.0. The van der Waals surface area contributed by atoms with Gasteiger partial charge in [0.05, 0.1) is 0 Å². The van der Waals surface area contributed by atoms with Gasteiger partial charge in [-0.05, 0) is 5.56 Å². The highest BCUT2D eigenvalue weighted by molar-refractivity contribution is 6.34. The quantitative estimate of drug-likeness (QED) is 0.594. The normalized spacial score (nSPS) is 11.5. The average Bonchev–Trinajstić information content (AvgIpc) is 2.26. The van der Waals surface area contributed by atoms with E-state index in [1.54, 1.807) is 18.2 Å². The molecule has 0 saturated carbocycles. The predicted octanol–water partition coefficient (Wildman–Crippen LogP) is -0.586. The van der Waals surface area contributed by atoms with Gasteiger partial charge >= 0.3 is 17.8 Å². The van der Waals surface area contributed by atoms with Gasteiger partial charge in [0.1, 0.15) is 0 Å². The van der Waals surface area contributed by atoms with Crippen molar-refractivity contribution in [3.8, 4) is 0 Å². The third-order valence-electron chi connectivity index (χ3n) is 1.88. The Kier molecular flexibility index (Phi) is 3.60. The monoisotopic (exact) mass is 222 g/mol. The van der Waals surface area contributed by atoms with Gasteiger partial charge in [0.25, 0.3) is 0 Å². The van der Waals surface area contributed by atoms with Crippen LogP contribution < -0.4 is 11.1 Å². The Hall–Kier alpha value is -2.37. The lowest BCUT2D eigenvalue weighted by atomic mass is 10.1. The van der Waals surface area contributed by atoms with Crippen LogP contribution in [0.15, 0.2) is 30.3 Å². The third kappa shape index (κ3) is 2.81. The van der Waals surface area contributed by atoms with Gasteiger partial charge in [0.2, 0.25) is 0 Å². The Morgan fingerprint density at radius 2 is 1.75 bits per heavy atom. The van der Waals surface area contributed by atoms with Crippen molar-refractivity contribution in [1.82, 2.24) is 5.32 Å². The highest BCUT2D eigenvalue weighted by Gasteiger charge is 2.23. The Labute approximate surface area is 91.1 Å². The lowest BCUT2D eigenvalue weighted by molar-refractivity contribution is -0.144. The number of amides is 2. The topological polar surface area (TPSA) is 109 Å². The van der Waals surface area contributed by atoms with E-state index in [4.69, 9.17) is 10.8 Å². The van der Waals surface area contributed by atoms with E-state index in [9.17, 15) is 14.4 Å². The number of carbonyl (C=O) groups excluding carboxylic acids is 2. The van der Waals surface area contributed by atoms with E-state index in [1.807, 2.05) is 5.32 Å². The second kappa shape index (κ2) is 4.92. The molecule has 0 aliphatic rings. The van der Waals surface area contributed by atoms with Crippen molar-refractivity contribution in [3.63, 3.8) is 0 Å². The second-order valence-electron chi connectivity index (χ2n) is 3.02. The van der Waals surface area contributed by atoms with Crippen LogP contribution >= 0.6 is 0 Å². The van der Waals surface area contributed by atoms with Crippen LogP contribution in [0.3, 0.4) is 0 Å². The molecule has 1 aromatic carbocycles. The molecule has 0 bridgehead atoms. The summed E-state index contributed by atoms with van der Waals surface area (Å²) in [4.78, 5) is 32.4. The molecule has 0 aliphatic heterocycles. The fourth-order valence-corrected chi connectivity index (χ4v) is 1.14. The molecule has 0 aliphatic carbocycles. The highest BCUT2D eigenvalue weighted by atomic mass is 16.4. The molecule has 0 saturated heterocycles. The van der Waals surface area contributed by atoms with Gasteiger partial charge in [-0.1, -0.05) is 30.3 Å².